The van der Waals surface area contributed by atoms with E-state index in [4.69, 9.17) is 33.7 Å². The lowest BCUT2D eigenvalue weighted by Crippen LogP contribution is -2.61. The van der Waals surface area contributed by atoms with Crippen molar-refractivity contribution in [2.75, 3.05) is 87.5 Å². The first-order chi connectivity index (χ1) is 43.8. The van der Waals surface area contributed by atoms with Crippen molar-refractivity contribution in [3.63, 3.8) is 0 Å². The molecule has 3 aromatic carbocycles. The number of aromatic nitrogens is 5. The van der Waals surface area contributed by atoms with E-state index in [-0.39, 0.29) is 72.9 Å². The standard InChI is InChI=1S/C69H85FN12O8S/c1-10-44-12-11-13-47-25-52(88-38-87-9)27-53(59(44)47)61-60(70)62-54(29-71-61)64(79-32-48-18-19-49(33-79)82(48)68(86)89-69(6,7)8)75-67(74-62)80-34-50(35-80)77-22-20-42(21-23-77)24-43-30-78(31-43)57-28-56(90-76-57)58(39(2)3)66(85)81-36-51(83)26-55(81)65(84)73-40(4)45-14-16-46(17-15-45)63-41(5)72-37-91-63/h11-17,25,27-29,37,39-40,42-43,48-51,55,58,83H,10,18-24,26,30-36,38H2,1-9H3,(H,73,84)/t40?,48?,49?,51-,55+,58?/m1/s1. The van der Waals surface area contributed by atoms with E-state index < -0.39 is 29.5 Å². The predicted octanol–water partition coefficient (Wildman–Crippen LogP) is 10.5. The molecule has 3 amide bonds. The van der Waals surface area contributed by atoms with Crippen molar-refractivity contribution >= 4 is 68.5 Å². The molecule has 0 saturated carbocycles. The Balaban J connectivity index is 0.642. The zero-order valence-corrected chi connectivity index (χ0v) is 54.5. The Kier molecular flexibility index (Phi) is 17.5. The smallest absolute Gasteiger partial charge is 0.410 e. The molecule has 4 unspecified atom stereocenters. The van der Waals surface area contributed by atoms with Crippen molar-refractivity contribution in [1.29, 1.82) is 0 Å². The number of pyridine rings is 1. The van der Waals surface area contributed by atoms with Gasteiger partial charge in [-0.15, -0.1) is 11.3 Å². The van der Waals surface area contributed by atoms with Gasteiger partial charge in [0, 0.05) is 83.2 Å². The molecule has 6 aliphatic heterocycles. The number of ether oxygens (including phenoxy) is 3. The lowest BCUT2D eigenvalue weighted by atomic mass is 9.83. The van der Waals surface area contributed by atoms with Crippen molar-refractivity contribution in [2.24, 2.45) is 17.8 Å². The molecule has 6 aliphatic rings. The molecule has 0 spiro atoms. The zero-order chi connectivity index (χ0) is 63.6. The summed E-state index contributed by atoms with van der Waals surface area (Å²) in [7, 11) is 1.57. The van der Waals surface area contributed by atoms with Crippen molar-refractivity contribution in [1.82, 2.24) is 45.1 Å². The van der Waals surface area contributed by atoms with Gasteiger partial charge in [-0.2, -0.15) is 4.98 Å². The maximum absolute atomic E-state index is 17.8. The zero-order valence-electron chi connectivity index (χ0n) is 53.7. The number of benzene rings is 3. The number of likely N-dealkylation sites (tertiary alicyclic amines) is 2. The minimum Gasteiger partial charge on any atom is -0.468 e. The third-order valence-corrected chi connectivity index (χ3v) is 20.7. The average molecular weight is 1260 g/mol. The van der Waals surface area contributed by atoms with Gasteiger partial charge in [0.1, 0.15) is 40.3 Å². The molecular weight excluding hydrogens is 1180 g/mol. The topological polar surface area (TPSA) is 208 Å². The maximum atomic E-state index is 17.8. The molecule has 0 radical (unpaired) electrons. The molecule has 4 aromatic heterocycles. The minimum atomic E-state index is -0.823. The van der Waals surface area contributed by atoms with Crippen molar-refractivity contribution in [2.45, 2.75) is 148 Å². The molecule has 20 nitrogen and oxygen atoms in total. The number of piperidine rings is 1. The van der Waals surface area contributed by atoms with E-state index in [2.05, 4.69) is 48.0 Å². The number of anilines is 3. The fourth-order valence-electron chi connectivity index (χ4n) is 14.9. The predicted molar refractivity (Wildman–Crippen MR) is 349 cm³/mol. The molecule has 91 heavy (non-hydrogen) atoms. The summed E-state index contributed by atoms with van der Waals surface area (Å²) in [4.78, 5) is 75.3. The summed E-state index contributed by atoms with van der Waals surface area (Å²) in [5.74, 6) is 2.02. The highest BCUT2D eigenvalue weighted by Gasteiger charge is 2.47. The number of rotatable bonds is 18. The summed E-state index contributed by atoms with van der Waals surface area (Å²) >= 11 is 1.59. The molecule has 6 atom stereocenters. The Morgan fingerprint density at radius 1 is 0.868 bits per heavy atom. The van der Waals surface area contributed by atoms with Gasteiger partial charge in [0.15, 0.2) is 24.2 Å². The fourth-order valence-corrected chi connectivity index (χ4v) is 15.7. The second-order valence-corrected chi connectivity index (χ2v) is 28.3. The van der Waals surface area contributed by atoms with Crippen LogP contribution in [0.5, 0.6) is 5.75 Å². The van der Waals surface area contributed by atoms with Gasteiger partial charge in [0.25, 0.3) is 0 Å². The van der Waals surface area contributed by atoms with E-state index in [1.807, 2.05) is 113 Å². The van der Waals surface area contributed by atoms with Crippen LogP contribution in [0.3, 0.4) is 0 Å². The number of aliphatic hydroxyl groups excluding tert-OH is 1. The summed E-state index contributed by atoms with van der Waals surface area (Å²) in [6, 6.07) is 18.8. The van der Waals surface area contributed by atoms with Crippen LogP contribution in [0.15, 0.2) is 76.9 Å². The molecule has 482 valence electrons. The third-order valence-electron chi connectivity index (χ3n) is 19.7. The number of β-amino-alcohol motifs (C(OH)–C–C–N with tert-alkyl or cyclic N) is 1. The van der Waals surface area contributed by atoms with E-state index in [1.165, 1.54) is 4.90 Å². The number of nitrogens with zero attached hydrogens (tertiary/aromatic N) is 11. The SMILES string of the molecule is CCc1cccc2cc(OCOC)cc(-c3ncc4c(N5CC6CCC(C5)N6C(=O)OC(C)(C)C)nc(N5CC(N6CCC(CC7CN(c8cc(C(C(=O)N9C[C@H](O)C[C@H]9C(=O)NC(C)c9ccc(-c%10scnc%10C)cc9)C(C)C)on8)C7)CC6)C5)nc4c3F)c12. The number of carbonyl (C=O) groups is 3. The summed E-state index contributed by atoms with van der Waals surface area (Å²) in [5, 5.41) is 20.8. The van der Waals surface area contributed by atoms with Gasteiger partial charge in [0.05, 0.1) is 45.7 Å². The quantitative estimate of drug-likeness (QED) is 0.0766. The van der Waals surface area contributed by atoms with Crippen LogP contribution in [0.2, 0.25) is 0 Å². The number of fused-ring (bicyclic) bond motifs is 4. The van der Waals surface area contributed by atoms with Gasteiger partial charge in [-0.05, 0) is 144 Å². The van der Waals surface area contributed by atoms with E-state index in [9.17, 15) is 19.5 Å². The molecule has 6 fully saturated rings. The number of methoxy groups -OCH3 is 1. The van der Waals surface area contributed by atoms with Gasteiger partial charge >= 0.3 is 6.09 Å². The summed E-state index contributed by atoms with van der Waals surface area (Å²) in [5.41, 5.74) is 6.28. The van der Waals surface area contributed by atoms with Crippen LogP contribution in [0.1, 0.15) is 122 Å². The number of nitrogens with one attached hydrogen (secondary N) is 1. The number of amides is 3. The number of hydrogen-bond donors (Lipinski definition) is 2. The molecule has 2 bridgehead atoms. The van der Waals surface area contributed by atoms with E-state index >= 15 is 4.39 Å². The normalized spacial score (nSPS) is 21.6. The lowest BCUT2D eigenvalue weighted by Gasteiger charge is -2.48. The van der Waals surface area contributed by atoms with Gasteiger partial charge < -0.3 is 48.8 Å². The van der Waals surface area contributed by atoms with Crippen LogP contribution in [0.4, 0.5) is 26.8 Å². The third kappa shape index (κ3) is 12.5. The van der Waals surface area contributed by atoms with Crippen LogP contribution in [0.25, 0.3) is 43.4 Å². The number of hydrogen-bond acceptors (Lipinski definition) is 18. The van der Waals surface area contributed by atoms with E-state index in [0.717, 1.165) is 116 Å². The molecule has 22 heteroatoms. The van der Waals surface area contributed by atoms with Crippen molar-refractivity contribution < 1.29 is 42.6 Å². The molecule has 0 aliphatic carbocycles. The Hall–Kier alpha value is -7.53. The number of thiazole rings is 1. The van der Waals surface area contributed by atoms with E-state index in [1.54, 1.807) is 24.6 Å². The monoisotopic (exact) mass is 1260 g/mol. The second-order valence-electron chi connectivity index (χ2n) is 27.5. The van der Waals surface area contributed by atoms with Gasteiger partial charge in [-0.25, -0.2) is 19.2 Å². The largest absolute Gasteiger partial charge is 0.468 e. The van der Waals surface area contributed by atoms with Crippen molar-refractivity contribution in [3.8, 4) is 27.4 Å². The fraction of sp³-hybridized carbons (Fsp3) is 0.536. The van der Waals surface area contributed by atoms with Crippen molar-refractivity contribution in [3.05, 3.63) is 101 Å². The molecule has 13 rings (SSSR count). The Morgan fingerprint density at radius 3 is 2.29 bits per heavy atom. The Bertz CT molecular complexity index is 3800. The first-order valence-electron chi connectivity index (χ1n) is 32.6. The molecular formula is C69H85FN12O8S. The van der Waals surface area contributed by atoms with Crippen LogP contribution in [0, 0.1) is 30.5 Å². The first-order valence-corrected chi connectivity index (χ1v) is 33.5. The van der Waals surface area contributed by atoms with Crippen LogP contribution in [-0.2, 0) is 25.5 Å². The van der Waals surface area contributed by atoms with Crippen LogP contribution < -0.4 is 24.8 Å². The van der Waals surface area contributed by atoms with Gasteiger partial charge in [0.2, 0.25) is 17.8 Å². The minimum absolute atomic E-state index is 0.0389. The first kappa shape index (κ1) is 62.3. The van der Waals surface area contributed by atoms with E-state index in [0.29, 0.717) is 71.0 Å². The van der Waals surface area contributed by atoms with Crippen LogP contribution in [-0.4, -0.2) is 171 Å². The molecule has 10 heterocycles. The van der Waals surface area contributed by atoms with Gasteiger partial charge in [-0.3, -0.25) is 24.4 Å². The number of halogens is 1. The molecule has 2 N–H and O–H groups in total. The summed E-state index contributed by atoms with van der Waals surface area (Å²) in [6.07, 6.45) is 6.49. The number of aryl methyl sites for hydroxylation is 2. The number of piperazine rings is 1. The number of aliphatic hydroxyl groups is 1. The Labute approximate surface area is 535 Å². The Morgan fingerprint density at radius 2 is 1.60 bits per heavy atom. The number of carbonyl (C=O) groups excluding carboxylic acids is 3. The van der Waals surface area contributed by atoms with Crippen LogP contribution >= 0.6 is 11.3 Å². The molecule has 6 saturated heterocycles. The van der Waals surface area contributed by atoms with Gasteiger partial charge in [-0.1, -0.05) is 68.4 Å². The summed E-state index contributed by atoms with van der Waals surface area (Å²) in [6.45, 7) is 21.9. The molecule has 7 aromatic rings. The summed E-state index contributed by atoms with van der Waals surface area (Å²) < 4.78 is 40.9. The second kappa shape index (κ2) is 25.5. The highest BCUT2D eigenvalue weighted by atomic mass is 32.1. The highest BCUT2D eigenvalue weighted by molar-refractivity contribution is 7.13. The maximum Gasteiger partial charge on any atom is 0.410 e. The highest BCUT2D eigenvalue weighted by Crippen LogP contribution is 2.43. The average Bonchev–Trinajstić information content (AvgIpc) is 0.961. The lowest BCUT2D eigenvalue weighted by molar-refractivity contribution is -0.141.